The molecule has 31 heavy (non-hydrogen) atoms. The monoisotopic (exact) mass is 472 g/mol. The lowest BCUT2D eigenvalue weighted by atomic mass is 9.74. The highest BCUT2D eigenvalue weighted by Crippen LogP contribution is 2.34. The van der Waals surface area contributed by atoms with Gasteiger partial charge in [0.25, 0.3) is 0 Å². The molecule has 4 rings (SSSR count). The molecule has 0 amide bonds. The van der Waals surface area contributed by atoms with Crippen LogP contribution in [-0.2, 0) is 10.2 Å². The van der Waals surface area contributed by atoms with Crippen LogP contribution < -0.4 is 10.6 Å². The Morgan fingerprint density at radius 2 is 1.84 bits per heavy atom. The molecule has 0 atom stereocenters. The van der Waals surface area contributed by atoms with Crippen LogP contribution in [0.5, 0.6) is 0 Å². The van der Waals surface area contributed by atoms with Gasteiger partial charge in [-0.15, -0.1) is 0 Å². The second-order valence-electron chi connectivity index (χ2n) is 7.05. The van der Waals surface area contributed by atoms with Crippen molar-refractivity contribution in [1.82, 2.24) is 25.3 Å². The number of thiocarbonyl (C=S) groups is 1. The van der Waals surface area contributed by atoms with Crippen LogP contribution >= 0.6 is 35.6 Å². The minimum atomic E-state index is -0.0356. The topological polar surface area (TPSA) is 84.9 Å². The third-order valence-corrected chi connectivity index (χ3v) is 6.31. The van der Waals surface area contributed by atoms with Crippen LogP contribution in [0, 0.1) is 0 Å². The lowest BCUT2D eigenvalue weighted by Gasteiger charge is -2.38. The van der Waals surface area contributed by atoms with E-state index < -0.39 is 0 Å². The number of aromatic nitrogens is 4. The Labute approximate surface area is 195 Å². The van der Waals surface area contributed by atoms with E-state index in [9.17, 15) is 0 Å². The van der Waals surface area contributed by atoms with E-state index in [2.05, 4.69) is 54.8 Å². The molecule has 7 nitrogen and oxygen atoms in total. The molecule has 0 unspecified atom stereocenters. The zero-order valence-electron chi connectivity index (χ0n) is 16.6. The summed E-state index contributed by atoms with van der Waals surface area (Å²) < 4.78 is 5.60. The SMILES string of the molecule is S=C(NCC1(c2ccccc2)CCOCC1)Nc1nc(Cl)cc(Sc2ncccn2)n1. The van der Waals surface area contributed by atoms with Crippen LogP contribution in [-0.4, -0.2) is 44.8 Å². The molecule has 3 aromatic rings. The molecule has 1 fully saturated rings. The van der Waals surface area contributed by atoms with Crippen molar-refractivity contribution in [3.63, 3.8) is 0 Å². The molecule has 10 heteroatoms. The summed E-state index contributed by atoms with van der Waals surface area (Å²) in [7, 11) is 0. The van der Waals surface area contributed by atoms with E-state index in [1.807, 2.05) is 6.07 Å². The third-order valence-electron chi connectivity index (χ3n) is 5.06. The maximum atomic E-state index is 6.18. The van der Waals surface area contributed by atoms with Crippen LogP contribution in [0.1, 0.15) is 18.4 Å². The van der Waals surface area contributed by atoms with Crippen LogP contribution in [0.25, 0.3) is 0 Å². The first kappa shape index (κ1) is 21.9. The van der Waals surface area contributed by atoms with Crippen molar-refractivity contribution < 1.29 is 4.74 Å². The largest absolute Gasteiger partial charge is 0.381 e. The minimum Gasteiger partial charge on any atom is -0.381 e. The van der Waals surface area contributed by atoms with E-state index in [1.165, 1.54) is 17.3 Å². The van der Waals surface area contributed by atoms with Gasteiger partial charge in [-0.25, -0.2) is 19.9 Å². The number of hydrogen-bond donors (Lipinski definition) is 2. The molecular formula is C21H21ClN6OS2. The van der Waals surface area contributed by atoms with Gasteiger partial charge < -0.3 is 15.4 Å². The number of anilines is 1. The molecule has 0 aliphatic carbocycles. The lowest BCUT2D eigenvalue weighted by Crippen LogP contribution is -2.45. The molecule has 2 aromatic heterocycles. The van der Waals surface area contributed by atoms with Crippen molar-refractivity contribution >= 4 is 46.6 Å². The van der Waals surface area contributed by atoms with Crippen molar-refractivity contribution in [1.29, 1.82) is 0 Å². The summed E-state index contributed by atoms with van der Waals surface area (Å²) in [5.41, 5.74) is 1.25. The molecule has 0 spiro atoms. The average molecular weight is 473 g/mol. The minimum absolute atomic E-state index is 0.0356. The summed E-state index contributed by atoms with van der Waals surface area (Å²) in [6.07, 6.45) is 5.21. The standard InChI is InChI=1S/C21H21ClN6OS2/c22-16-13-17(31-20-23-9-4-10-24-20)27-18(26-16)28-19(30)25-14-21(7-11-29-12-8-21)15-5-2-1-3-6-15/h1-6,9-10,13H,7-8,11-12,14H2,(H2,25,26,27,28,30). The normalized spacial score (nSPS) is 15.3. The first-order valence-electron chi connectivity index (χ1n) is 9.81. The summed E-state index contributed by atoms with van der Waals surface area (Å²) in [6.45, 7) is 2.15. The molecule has 0 radical (unpaired) electrons. The van der Waals surface area contributed by atoms with Gasteiger partial charge in [0.1, 0.15) is 10.2 Å². The Bertz CT molecular complexity index is 1020. The van der Waals surface area contributed by atoms with Gasteiger partial charge >= 0.3 is 0 Å². The number of nitrogens with one attached hydrogen (secondary N) is 2. The highest BCUT2D eigenvalue weighted by molar-refractivity contribution is 7.99. The van der Waals surface area contributed by atoms with Gasteiger partial charge in [-0.1, -0.05) is 41.9 Å². The average Bonchev–Trinajstić information content (AvgIpc) is 2.79. The van der Waals surface area contributed by atoms with Gasteiger partial charge in [0, 0.05) is 43.6 Å². The summed E-state index contributed by atoms with van der Waals surface area (Å²) in [5, 5.41) is 8.34. The van der Waals surface area contributed by atoms with Gasteiger partial charge in [-0.05, 0) is 48.5 Å². The van der Waals surface area contributed by atoms with Gasteiger partial charge in [-0.2, -0.15) is 0 Å². The Kier molecular flexibility index (Phi) is 7.29. The zero-order valence-corrected chi connectivity index (χ0v) is 19.0. The molecule has 1 aliphatic rings. The van der Waals surface area contributed by atoms with Crippen LogP contribution in [0.15, 0.2) is 65.0 Å². The molecule has 1 aliphatic heterocycles. The van der Waals surface area contributed by atoms with Crippen molar-refractivity contribution in [2.24, 2.45) is 0 Å². The Balaban J connectivity index is 1.42. The zero-order chi connectivity index (χ0) is 21.5. The van der Waals surface area contributed by atoms with Crippen molar-refractivity contribution in [3.8, 4) is 0 Å². The molecule has 0 bridgehead atoms. The van der Waals surface area contributed by atoms with Crippen LogP contribution in [0.2, 0.25) is 5.15 Å². The second kappa shape index (κ2) is 10.3. The van der Waals surface area contributed by atoms with Crippen molar-refractivity contribution in [2.45, 2.75) is 28.4 Å². The molecule has 1 saturated heterocycles. The summed E-state index contributed by atoms with van der Waals surface area (Å²) in [5.74, 6) is 0.323. The van der Waals surface area contributed by atoms with Crippen LogP contribution in [0.4, 0.5) is 5.95 Å². The lowest BCUT2D eigenvalue weighted by molar-refractivity contribution is 0.0515. The van der Waals surface area contributed by atoms with Gasteiger partial charge in [-0.3, -0.25) is 0 Å². The molecule has 1 aromatic carbocycles. The van der Waals surface area contributed by atoms with E-state index in [4.69, 9.17) is 28.6 Å². The van der Waals surface area contributed by atoms with E-state index in [0.717, 1.165) is 26.1 Å². The number of nitrogens with zero attached hydrogens (tertiary/aromatic N) is 4. The quantitative estimate of drug-likeness (QED) is 0.312. The number of rotatable bonds is 6. The van der Waals surface area contributed by atoms with Gasteiger partial charge in [0.15, 0.2) is 10.3 Å². The highest BCUT2D eigenvalue weighted by Gasteiger charge is 2.34. The van der Waals surface area contributed by atoms with E-state index >= 15 is 0 Å². The fourth-order valence-corrected chi connectivity index (χ4v) is 4.58. The first-order chi connectivity index (χ1) is 15.1. The Morgan fingerprint density at radius 3 is 2.58 bits per heavy atom. The predicted octanol–water partition coefficient (Wildman–Crippen LogP) is 4.11. The summed E-state index contributed by atoms with van der Waals surface area (Å²) >= 11 is 13.0. The molecule has 3 heterocycles. The first-order valence-corrected chi connectivity index (χ1v) is 11.4. The van der Waals surface area contributed by atoms with E-state index in [1.54, 1.807) is 24.5 Å². The van der Waals surface area contributed by atoms with Crippen molar-refractivity contribution in [3.05, 3.63) is 65.6 Å². The fraction of sp³-hybridized carbons (Fsp3) is 0.286. The second-order valence-corrected chi connectivity index (χ2v) is 8.84. The van der Waals surface area contributed by atoms with E-state index in [-0.39, 0.29) is 5.41 Å². The predicted molar refractivity (Wildman–Crippen MR) is 126 cm³/mol. The Morgan fingerprint density at radius 1 is 1.10 bits per heavy atom. The van der Waals surface area contributed by atoms with E-state index in [0.29, 0.717) is 32.9 Å². The highest BCUT2D eigenvalue weighted by atomic mass is 35.5. The van der Waals surface area contributed by atoms with Crippen molar-refractivity contribution in [2.75, 3.05) is 25.1 Å². The molecule has 160 valence electrons. The maximum Gasteiger partial charge on any atom is 0.231 e. The summed E-state index contributed by atoms with van der Waals surface area (Å²) in [6, 6.07) is 13.9. The number of hydrogen-bond acceptors (Lipinski definition) is 7. The third kappa shape index (κ3) is 5.88. The van der Waals surface area contributed by atoms with Gasteiger partial charge in [0.05, 0.1) is 0 Å². The number of ether oxygens (including phenoxy) is 1. The Hall–Kier alpha value is -2.33. The smallest absolute Gasteiger partial charge is 0.231 e. The number of halogens is 1. The molecular weight excluding hydrogens is 452 g/mol. The molecule has 2 N–H and O–H groups in total. The molecule has 0 saturated carbocycles. The summed E-state index contributed by atoms with van der Waals surface area (Å²) in [4.78, 5) is 17.1. The number of benzene rings is 1. The van der Waals surface area contributed by atoms with Crippen LogP contribution in [0.3, 0.4) is 0 Å². The fourth-order valence-electron chi connectivity index (χ4n) is 3.45. The van der Waals surface area contributed by atoms with Gasteiger partial charge in [0.2, 0.25) is 5.95 Å². The maximum absolute atomic E-state index is 6.18.